The van der Waals surface area contributed by atoms with E-state index in [2.05, 4.69) is 0 Å². The molecule has 0 aromatic heterocycles. The van der Waals surface area contributed by atoms with Gasteiger partial charge in [-0.15, -0.1) is 12.4 Å². The van der Waals surface area contributed by atoms with E-state index in [0.29, 0.717) is 31.9 Å². The van der Waals surface area contributed by atoms with Crippen molar-refractivity contribution in [1.82, 2.24) is 4.90 Å². The lowest BCUT2D eigenvalue weighted by molar-refractivity contribution is 0.0740. The van der Waals surface area contributed by atoms with Crippen molar-refractivity contribution in [2.24, 2.45) is 11.1 Å². The number of hydrogen-bond acceptors (Lipinski definition) is 4. The Bertz CT molecular complexity index is 449. The third-order valence-electron chi connectivity index (χ3n) is 3.22. The van der Waals surface area contributed by atoms with Crippen LogP contribution in [0.2, 0.25) is 0 Å². The number of methoxy groups -OCH3 is 1. The highest BCUT2D eigenvalue weighted by molar-refractivity contribution is 5.94. The average Bonchev–Trinajstić information content (AvgIpc) is 2.47. The monoisotopic (exact) mass is 330 g/mol. The van der Waals surface area contributed by atoms with Crippen LogP contribution in [0, 0.1) is 5.41 Å². The van der Waals surface area contributed by atoms with Crippen molar-refractivity contribution in [1.29, 1.82) is 0 Å². The van der Waals surface area contributed by atoms with Crippen LogP contribution in [0.3, 0.4) is 0 Å². The van der Waals surface area contributed by atoms with E-state index in [0.717, 1.165) is 5.75 Å². The van der Waals surface area contributed by atoms with E-state index in [9.17, 15) is 4.79 Å². The van der Waals surface area contributed by atoms with Gasteiger partial charge in [-0.2, -0.15) is 0 Å². The predicted molar refractivity (Wildman–Crippen MR) is 90.9 cm³/mol. The van der Waals surface area contributed by atoms with Crippen molar-refractivity contribution >= 4 is 18.3 Å². The molecular weight excluding hydrogens is 304 g/mol. The van der Waals surface area contributed by atoms with Crippen molar-refractivity contribution in [2.45, 2.75) is 13.8 Å². The van der Waals surface area contributed by atoms with E-state index >= 15 is 0 Å². The topological polar surface area (TPSA) is 64.8 Å². The first kappa shape index (κ1) is 20.7. The third kappa shape index (κ3) is 6.64. The maximum absolute atomic E-state index is 12.3. The van der Waals surface area contributed by atoms with Crippen LogP contribution >= 0.6 is 12.4 Å². The van der Waals surface area contributed by atoms with E-state index in [1.54, 1.807) is 43.3 Å². The Morgan fingerprint density at radius 1 is 1.23 bits per heavy atom. The third-order valence-corrected chi connectivity index (χ3v) is 3.22. The van der Waals surface area contributed by atoms with Crippen LogP contribution in [-0.4, -0.2) is 51.3 Å². The number of carbonyl (C=O) groups excluding carboxylic acids is 1. The highest BCUT2D eigenvalue weighted by Crippen LogP contribution is 2.17. The van der Waals surface area contributed by atoms with Gasteiger partial charge in [0.1, 0.15) is 12.4 Å². The SMILES string of the molecule is COCCOc1ccc(C(=O)N(C)CC(C)(C)CN)cc1.Cl. The van der Waals surface area contributed by atoms with Crippen LogP contribution in [-0.2, 0) is 4.74 Å². The molecular formula is C16H27ClN2O3. The van der Waals surface area contributed by atoms with Crippen molar-refractivity contribution in [3.63, 3.8) is 0 Å². The summed E-state index contributed by atoms with van der Waals surface area (Å²) >= 11 is 0. The van der Waals surface area contributed by atoms with E-state index < -0.39 is 0 Å². The van der Waals surface area contributed by atoms with Crippen LogP contribution in [0.1, 0.15) is 24.2 Å². The molecule has 0 heterocycles. The second-order valence-corrected chi connectivity index (χ2v) is 5.90. The fourth-order valence-corrected chi connectivity index (χ4v) is 1.94. The number of ether oxygens (including phenoxy) is 2. The van der Waals surface area contributed by atoms with Gasteiger partial charge in [0.25, 0.3) is 5.91 Å². The molecule has 1 aromatic rings. The summed E-state index contributed by atoms with van der Waals surface area (Å²) in [5.74, 6) is 0.716. The molecule has 0 bridgehead atoms. The minimum Gasteiger partial charge on any atom is -0.491 e. The van der Waals surface area contributed by atoms with Gasteiger partial charge in [-0.3, -0.25) is 4.79 Å². The number of halogens is 1. The molecule has 5 nitrogen and oxygen atoms in total. The molecule has 0 fully saturated rings. The molecule has 0 radical (unpaired) electrons. The number of carbonyl (C=O) groups is 1. The summed E-state index contributed by atoms with van der Waals surface area (Å²) < 4.78 is 10.4. The molecule has 2 N–H and O–H groups in total. The Kier molecular flexibility index (Phi) is 9.09. The maximum atomic E-state index is 12.3. The zero-order valence-electron chi connectivity index (χ0n) is 13.8. The van der Waals surface area contributed by atoms with Crippen LogP contribution in [0.15, 0.2) is 24.3 Å². The highest BCUT2D eigenvalue weighted by atomic mass is 35.5. The zero-order chi connectivity index (χ0) is 15.9. The van der Waals surface area contributed by atoms with E-state index in [1.807, 2.05) is 13.8 Å². The summed E-state index contributed by atoms with van der Waals surface area (Å²) in [6, 6.07) is 7.14. The largest absolute Gasteiger partial charge is 0.491 e. The van der Waals surface area contributed by atoms with Crippen LogP contribution in [0.4, 0.5) is 0 Å². The van der Waals surface area contributed by atoms with Gasteiger partial charge in [0, 0.05) is 26.3 Å². The smallest absolute Gasteiger partial charge is 0.253 e. The molecule has 0 saturated heterocycles. The number of rotatable bonds is 8. The zero-order valence-corrected chi connectivity index (χ0v) is 14.6. The fraction of sp³-hybridized carbons (Fsp3) is 0.562. The van der Waals surface area contributed by atoms with Crippen molar-refractivity contribution in [3.05, 3.63) is 29.8 Å². The Morgan fingerprint density at radius 2 is 1.82 bits per heavy atom. The summed E-state index contributed by atoms with van der Waals surface area (Å²) in [4.78, 5) is 14.0. The summed E-state index contributed by atoms with van der Waals surface area (Å²) in [6.45, 7) is 6.28. The molecule has 126 valence electrons. The first-order chi connectivity index (χ1) is 9.89. The molecule has 0 unspecified atom stereocenters. The van der Waals surface area contributed by atoms with Crippen LogP contribution in [0.25, 0.3) is 0 Å². The molecule has 22 heavy (non-hydrogen) atoms. The molecule has 0 saturated carbocycles. The second-order valence-electron chi connectivity index (χ2n) is 5.90. The first-order valence-electron chi connectivity index (χ1n) is 7.07. The normalized spacial score (nSPS) is 10.8. The standard InChI is InChI=1S/C16H26N2O3.ClH/c1-16(2,11-17)12-18(3)15(19)13-5-7-14(8-6-13)21-10-9-20-4;/h5-8H,9-12,17H2,1-4H3;1H. The minimum atomic E-state index is -0.0897. The van der Waals surface area contributed by atoms with E-state index in [1.165, 1.54) is 0 Å². The van der Waals surface area contributed by atoms with Crippen LogP contribution in [0.5, 0.6) is 5.75 Å². The molecule has 1 amide bonds. The van der Waals surface area contributed by atoms with E-state index in [4.69, 9.17) is 15.2 Å². The second kappa shape index (κ2) is 9.66. The fourth-order valence-electron chi connectivity index (χ4n) is 1.94. The summed E-state index contributed by atoms with van der Waals surface area (Å²) in [6.07, 6.45) is 0. The van der Waals surface area contributed by atoms with Gasteiger partial charge in [-0.1, -0.05) is 13.8 Å². The van der Waals surface area contributed by atoms with Crippen LogP contribution < -0.4 is 10.5 Å². The summed E-state index contributed by atoms with van der Waals surface area (Å²) in [7, 11) is 3.42. The highest BCUT2D eigenvalue weighted by Gasteiger charge is 2.21. The molecule has 0 aliphatic heterocycles. The number of nitrogens with two attached hydrogens (primary N) is 1. The number of nitrogens with zero attached hydrogens (tertiary/aromatic N) is 1. The van der Waals surface area contributed by atoms with Gasteiger partial charge in [0.15, 0.2) is 0 Å². The quantitative estimate of drug-likeness (QED) is 0.742. The molecule has 1 rings (SSSR count). The minimum absolute atomic E-state index is 0. The number of hydrogen-bond donors (Lipinski definition) is 1. The van der Waals surface area contributed by atoms with Gasteiger partial charge >= 0.3 is 0 Å². The average molecular weight is 331 g/mol. The Morgan fingerprint density at radius 3 is 2.32 bits per heavy atom. The lowest BCUT2D eigenvalue weighted by Crippen LogP contribution is -2.39. The number of amides is 1. The summed E-state index contributed by atoms with van der Waals surface area (Å²) in [5.41, 5.74) is 6.26. The Hall–Kier alpha value is -1.30. The molecule has 0 aliphatic carbocycles. The molecule has 0 atom stereocenters. The molecule has 0 aliphatic rings. The van der Waals surface area contributed by atoms with Gasteiger partial charge in [-0.05, 0) is 36.2 Å². The van der Waals surface area contributed by atoms with Crippen molar-refractivity contribution < 1.29 is 14.3 Å². The lowest BCUT2D eigenvalue weighted by atomic mass is 9.93. The molecule has 6 heteroatoms. The van der Waals surface area contributed by atoms with Gasteiger partial charge < -0.3 is 20.1 Å². The van der Waals surface area contributed by atoms with Gasteiger partial charge in [0.2, 0.25) is 0 Å². The van der Waals surface area contributed by atoms with E-state index in [-0.39, 0.29) is 23.7 Å². The predicted octanol–water partition coefficient (Wildman–Crippen LogP) is 2.19. The maximum Gasteiger partial charge on any atom is 0.253 e. The summed E-state index contributed by atoms with van der Waals surface area (Å²) in [5, 5.41) is 0. The lowest BCUT2D eigenvalue weighted by Gasteiger charge is -2.29. The number of benzene rings is 1. The van der Waals surface area contributed by atoms with Gasteiger partial charge in [0.05, 0.1) is 6.61 Å². The Labute approximate surface area is 139 Å². The van der Waals surface area contributed by atoms with Crippen molar-refractivity contribution in [2.75, 3.05) is 40.5 Å². The first-order valence-corrected chi connectivity index (χ1v) is 7.07. The van der Waals surface area contributed by atoms with Gasteiger partial charge in [-0.25, -0.2) is 0 Å². The molecule has 0 spiro atoms. The van der Waals surface area contributed by atoms with Crippen molar-refractivity contribution in [3.8, 4) is 5.75 Å². The molecule has 1 aromatic carbocycles. The Balaban J connectivity index is 0.00000441.